The van der Waals surface area contributed by atoms with Crippen molar-refractivity contribution in [3.05, 3.63) is 35.2 Å². The Hall–Kier alpha value is -1.86. The van der Waals surface area contributed by atoms with Crippen LogP contribution in [0, 0.1) is 13.8 Å². The molecule has 1 aliphatic heterocycles. The van der Waals surface area contributed by atoms with Gasteiger partial charge >= 0.3 is 0 Å². The summed E-state index contributed by atoms with van der Waals surface area (Å²) in [5.41, 5.74) is 3.14. The smallest absolute Gasteiger partial charge is 0.234 e. The fraction of sp³-hybridized carbons (Fsp3) is 0.550. The monoisotopic (exact) mass is 388 g/mol. The minimum absolute atomic E-state index is 0.0302. The van der Waals surface area contributed by atoms with Gasteiger partial charge in [0.05, 0.1) is 18.4 Å². The second kappa shape index (κ2) is 9.37. The lowest BCUT2D eigenvalue weighted by Gasteiger charge is -2.14. The summed E-state index contributed by atoms with van der Waals surface area (Å²) in [5, 5.41) is 12.5. The van der Waals surface area contributed by atoms with E-state index in [-0.39, 0.29) is 12.0 Å². The first kappa shape index (κ1) is 19.9. The van der Waals surface area contributed by atoms with Crippen LogP contribution in [0.4, 0.5) is 5.69 Å². The van der Waals surface area contributed by atoms with E-state index in [9.17, 15) is 4.79 Å². The molecule has 1 atom stereocenters. The molecule has 6 nitrogen and oxygen atoms in total. The van der Waals surface area contributed by atoms with Crippen molar-refractivity contribution in [2.75, 3.05) is 17.7 Å². The fourth-order valence-corrected chi connectivity index (χ4v) is 3.98. The Kier molecular flexibility index (Phi) is 6.90. The summed E-state index contributed by atoms with van der Waals surface area (Å²) in [6.07, 6.45) is 4.30. The van der Waals surface area contributed by atoms with Crippen LogP contribution in [-0.4, -0.2) is 39.1 Å². The van der Waals surface area contributed by atoms with Gasteiger partial charge in [-0.15, -0.1) is 10.2 Å². The summed E-state index contributed by atoms with van der Waals surface area (Å²) < 4.78 is 7.91. The molecule has 0 saturated carbocycles. The molecule has 0 radical (unpaired) electrons. The number of ether oxygens (including phenoxy) is 1. The van der Waals surface area contributed by atoms with Crippen molar-refractivity contribution < 1.29 is 9.53 Å². The molecule has 0 unspecified atom stereocenters. The van der Waals surface area contributed by atoms with Crippen molar-refractivity contribution >= 4 is 23.4 Å². The standard InChI is InChI=1S/C20H28N4O2S/c1-4-7-18-22-23-20(24(18)12-16-9-6-11-26-16)27-13-19(25)21-17-10-5-8-14(2)15(17)3/h5,8,10,16H,4,6-7,9,11-13H2,1-3H3,(H,21,25)/t16-/m1/s1. The van der Waals surface area contributed by atoms with Crippen LogP contribution in [0.2, 0.25) is 0 Å². The lowest BCUT2D eigenvalue weighted by atomic mass is 10.1. The highest BCUT2D eigenvalue weighted by Gasteiger charge is 2.21. The van der Waals surface area contributed by atoms with Gasteiger partial charge in [-0.25, -0.2) is 0 Å². The number of thioether (sulfide) groups is 1. The quantitative estimate of drug-likeness (QED) is 0.698. The Morgan fingerprint density at radius 3 is 2.96 bits per heavy atom. The maximum Gasteiger partial charge on any atom is 0.234 e. The van der Waals surface area contributed by atoms with E-state index in [1.807, 2.05) is 32.0 Å². The second-order valence-electron chi connectivity index (χ2n) is 6.98. The van der Waals surface area contributed by atoms with Crippen molar-refractivity contribution in [2.24, 2.45) is 0 Å². The SMILES string of the molecule is CCCc1nnc(SCC(=O)Nc2cccc(C)c2C)n1C[C@H]1CCCO1. The normalized spacial score (nSPS) is 16.6. The zero-order chi connectivity index (χ0) is 19.2. The predicted octanol–water partition coefficient (Wildman–Crippen LogP) is 3.76. The molecule has 2 aromatic rings. The van der Waals surface area contributed by atoms with E-state index in [1.165, 1.54) is 17.3 Å². The zero-order valence-electron chi connectivity index (χ0n) is 16.3. The number of amides is 1. The lowest BCUT2D eigenvalue weighted by Crippen LogP contribution is -2.19. The van der Waals surface area contributed by atoms with Crippen LogP contribution >= 0.6 is 11.8 Å². The van der Waals surface area contributed by atoms with Gasteiger partial charge in [0.1, 0.15) is 5.82 Å². The van der Waals surface area contributed by atoms with Crippen LogP contribution < -0.4 is 5.32 Å². The first-order valence-corrected chi connectivity index (χ1v) is 10.6. The zero-order valence-corrected chi connectivity index (χ0v) is 17.1. The van der Waals surface area contributed by atoms with E-state index < -0.39 is 0 Å². The maximum absolute atomic E-state index is 12.4. The molecule has 1 N–H and O–H groups in total. The molecule has 1 saturated heterocycles. The third-order valence-electron chi connectivity index (χ3n) is 4.89. The number of anilines is 1. The molecule has 2 heterocycles. The molecule has 7 heteroatoms. The number of nitrogens with zero attached hydrogens (tertiary/aromatic N) is 3. The van der Waals surface area contributed by atoms with Crippen molar-refractivity contribution in [1.29, 1.82) is 0 Å². The average Bonchev–Trinajstić information content (AvgIpc) is 3.29. The van der Waals surface area contributed by atoms with E-state index in [0.29, 0.717) is 5.75 Å². The molecule has 0 spiro atoms. The Bertz CT molecular complexity index is 784. The minimum Gasteiger partial charge on any atom is -0.376 e. The van der Waals surface area contributed by atoms with E-state index >= 15 is 0 Å². The van der Waals surface area contributed by atoms with Gasteiger partial charge in [0, 0.05) is 18.7 Å². The Balaban J connectivity index is 1.64. The van der Waals surface area contributed by atoms with Crippen LogP contribution in [0.1, 0.15) is 43.1 Å². The van der Waals surface area contributed by atoms with E-state index in [0.717, 1.165) is 61.1 Å². The number of benzene rings is 1. The van der Waals surface area contributed by atoms with E-state index in [1.54, 1.807) is 0 Å². The predicted molar refractivity (Wildman–Crippen MR) is 108 cm³/mol. The molecular weight excluding hydrogens is 360 g/mol. The molecule has 1 aromatic carbocycles. The van der Waals surface area contributed by atoms with E-state index in [2.05, 4.69) is 27.0 Å². The molecule has 27 heavy (non-hydrogen) atoms. The number of hydrogen-bond acceptors (Lipinski definition) is 5. The van der Waals surface area contributed by atoms with Crippen molar-refractivity contribution in [3.8, 4) is 0 Å². The average molecular weight is 389 g/mol. The largest absolute Gasteiger partial charge is 0.376 e. The van der Waals surface area contributed by atoms with Gasteiger partial charge in [-0.3, -0.25) is 4.79 Å². The third kappa shape index (κ3) is 5.11. The number of aryl methyl sites for hydroxylation is 2. The molecule has 1 aromatic heterocycles. The summed E-state index contributed by atoms with van der Waals surface area (Å²) in [6.45, 7) is 7.80. The fourth-order valence-electron chi connectivity index (χ4n) is 3.21. The molecule has 3 rings (SSSR count). The van der Waals surface area contributed by atoms with Gasteiger partial charge in [0.25, 0.3) is 0 Å². The Morgan fingerprint density at radius 1 is 1.37 bits per heavy atom. The summed E-state index contributed by atoms with van der Waals surface area (Å²) in [5.74, 6) is 1.26. The first-order valence-electron chi connectivity index (χ1n) is 9.61. The summed E-state index contributed by atoms with van der Waals surface area (Å²) >= 11 is 1.44. The molecule has 146 valence electrons. The molecule has 1 fully saturated rings. The Labute approximate surface area is 165 Å². The van der Waals surface area contributed by atoms with Crippen LogP contribution in [0.5, 0.6) is 0 Å². The van der Waals surface area contributed by atoms with E-state index in [4.69, 9.17) is 4.74 Å². The maximum atomic E-state index is 12.4. The molecule has 1 amide bonds. The van der Waals surface area contributed by atoms with Crippen LogP contribution in [0.3, 0.4) is 0 Å². The van der Waals surface area contributed by atoms with Crippen molar-refractivity contribution in [2.45, 2.75) is 64.3 Å². The van der Waals surface area contributed by atoms with Gasteiger partial charge < -0.3 is 14.6 Å². The summed E-state index contributed by atoms with van der Waals surface area (Å²) in [4.78, 5) is 12.4. The molecule has 1 aliphatic rings. The molecule has 0 bridgehead atoms. The van der Waals surface area contributed by atoms with Gasteiger partial charge in [0.15, 0.2) is 5.16 Å². The third-order valence-corrected chi connectivity index (χ3v) is 5.86. The van der Waals surface area contributed by atoms with Gasteiger partial charge in [-0.05, 0) is 50.3 Å². The highest BCUT2D eigenvalue weighted by atomic mass is 32.2. The Morgan fingerprint density at radius 2 is 2.22 bits per heavy atom. The lowest BCUT2D eigenvalue weighted by molar-refractivity contribution is -0.113. The van der Waals surface area contributed by atoms with Gasteiger partial charge in [-0.1, -0.05) is 30.8 Å². The minimum atomic E-state index is -0.0302. The number of aromatic nitrogens is 3. The van der Waals surface area contributed by atoms with Crippen molar-refractivity contribution in [3.63, 3.8) is 0 Å². The second-order valence-corrected chi connectivity index (χ2v) is 7.92. The molecular formula is C20H28N4O2S. The number of carbonyl (C=O) groups excluding carboxylic acids is 1. The highest BCUT2D eigenvalue weighted by molar-refractivity contribution is 7.99. The number of rotatable bonds is 8. The number of hydrogen-bond donors (Lipinski definition) is 1. The number of carbonyl (C=O) groups is 1. The first-order chi connectivity index (χ1) is 13.1. The topological polar surface area (TPSA) is 69.0 Å². The van der Waals surface area contributed by atoms with Crippen LogP contribution in [0.25, 0.3) is 0 Å². The highest BCUT2D eigenvalue weighted by Crippen LogP contribution is 2.23. The summed E-state index contributed by atoms with van der Waals surface area (Å²) in [7, 11) is 0. The molecule has 0 aliphatic carbocycles. The van der Waals surface area contributed by atoms with Gasteiger partial charge in [0.2, 0.25) is 5.91 Å². The van der Waals surface area contributed by atoms with Gasteiger partial charge in [-0.2, -0.15) is 0 Å². The summed E-state index contributed by atoms with van der Waals surface area (Å²) in [6, 6.07) is 5.94. The van der Waals surface area contributed by atoms with Crippen LogP contribution in [-0.2, 0) is 22.5 Å². The number of nitrogens with one attached hydrogen (secondary N) is 1. The van der Waals surface area contributed by atoms with Crippen molar-refractivity contribution in [1.82, 2.24) is 14.8 Å². The van der Waals surface area contributed by atoms with Crippen LogP contribution in [0.15, 0.2) is 23.4 Å².